The van der Waals surface area contributed by atoms with Crippen LogP contribution in [0.1, 0.15) is 63.4 Å². The van der Waals surface area contributed by atoms with E-state index in [2.05, 4.69) is 15.8 Å². The zero-order valence-electron chi connectivity index (χ0n) is 18.9. The van der Waals surface area contributed by atoms with Crippen LogP contribution in [-0.4, -0.2) is 32.8 Å². The maximum Gasteiger partial charge on any atom is 0.273 e. The summed E-state index contributed by atoms with van der Waals surface area (Å²) in [5.74, 6) is -0.108. The molecule has 3 aromatic rings. The van der Waals surface area contributed by atoms with E-state index in [0.717, 1.165) is 17.4 Å². The van der Waals surface area contributed by atoms with E-state index < -0.39 is 11.5 Å². The van der Waals surface area contributed by atoms with Crippen molar-refractivity contribution in [3.8, 4) is 0 Å². The van der Waals surface area contributed by atoms with Gasteiger partial charge < -0.3 is 15.2 Å². The smallest absolute Gasteiger partial charge is 0.273 e. The third kappa shape index (κ3) is 4.84. The first-order valence-corrected chi connectivity index (χ1v) is 11.3. The zero-order chi connectivity index (χ0) is 22.7. The van der Waals surface area contributed by atoms with E-state index in [4.69, 9.17) is 9.62 Å². The van der Waals surface area contributed by atoms with Crippen LogP contribution >= 0.6 is 0 Å². The van der Waals surface area contributed by atoms with E-state index in [1.807, 2.05) is 49.7 Å². The highest BCUT2D eigenvalue weighted by molar-refractivity contribution is 6.07. The van der Waals surface area contributed by atoms with Crippen molar-refractivity contribution in [3.05, 3.63) is 42.4 Å². The number of anilines is 1. The van der Waals surface area contributed by atoms with Crippen molar-refractivity contribution in [2.45, 2.75) is 65.5 Å². The molecule has 0 radical (unpaired) electrons. The highest BCUT2D eigenvalue weighted by atomic mass is 16.5. The van der Waals surface area contributed by atoms with Crippen molar-refractivity contribution >= 4 is 28.4 Å². The minimum Gasteiger partial charge on any atom is -0.363 e. The van der Waals surface area contributed by atoms with Gasteiger partial charge in [-0.1, -0.05) is 63.4 Å². The van der Waals surface area contributed by atoms with Gasteiger partial charge in [-0.3, -0.25) is 14.3 Å². The van der Waals surface area contributed by atoms with E-state index in [0.29, 0.717) is 17.3 Å². The Kier molecular flexibility index (Phi) is 6.30. The van der Waals surface area contributed by atoms with Crippen molar-refractivity contribution in [2.24, 2.45) is 11.3 Å². The number of hydrogen-bond donors (Lipinski definition) is 2. The van der Waals surface area contributed by atoms with Crippen molar-refractivity contribution in [3.63, 3.8) is 0 Å². The van der Waals surface area contributed by atoms with Gasteiger partial charge in [0.15, 0.2) is 5.69 Å². The van der Waals surface area contributed by atoms with Crippen molar-refractivity contribution in [2.75, 3.05) is 5.32 Å². The summed E-state index contributed by atoms with van der Waals surface area (Å²) >= 11 is 0. The van der Waals surface area contributed by atoms with Gasteiger partial charge in [-0.25, -0.2) is 0 Å². The summed E-state index contributed by atoms with van der Waals surface area (Å²) in [4.78, 5) is 26.3. The SMILES string of the molecule is CC(C)(C)[C@H](NC(=O)c1nn(CC2CCCCC2)c2ccccc12)C(=O)Nc1cnoc1. The molecule has 2 heterocycles. The fourth-order valence-corrected chi connectivity index (χ4v) is 4.40. The molecule has 2 aromatic heterocycles. The van der Waals surface area contributed by atoms with Gasteiger partial charge >= 0.3 is 0 Å². The van der Waals surface area contributed by atoms with Gasteiger partial charge in [0.25, 0.3) is 5.91 Å². The first-order valence-electron chi connectivity index (χ1n) is 11.3. The molecule has 0 spiro atoms. The highest BCUT2D eigenvalue weighted by Gasteiger charge is 2.34. The molecule has 1 saturated carbocycles. The van der Waals surface area contributed by atoms with E-state index >= 15 is 0 Å². The summed E-state index contributed by atoms with van der Waals surface area (Å²) < 4.78 is 6.74. The number of benzene rings is 1. The number of aromatic nitrogens is 3. The molecule has 1 aliphatic rings. The molecule has 0 aliphatic heterocycles. The monoisotopic (exact) mass is 437 g/mol. The zero-order valence-corrected chi connectivity index (χ0v) is 18.9. The van der Waals surface area contributed by atoms with Gasteiger partial charge in [0.05, 0.1) is 11.7 Å². The minimum atomic E-state index is -0.771. The maximum atomic E-state index is 13.3. The normalized spacial score (nSPS) is 16.1. The fourth-order valence-electron chi connectivity index (χ4n) is 4.40. The van der Waals surface area contributed by atoms with Crippen LogP contribution in [0.4, 0.5) is 5.69 Å². The summed E-state index contributed by atoms with van der Waals surface area (Å²) in [6.45, 7) is 6.53. The average molecular weight is 438 g/mol. The molecule has 1 aliphatic carbocycles. The second kappa shape index (κ2) is 9.14. The number of amides is 2. The topological polar surface area (TPSA) is 102 Å². The summed E-state index contributed by atoms with van der Waals surface area (Å²) in [6, 6.07) is 7.02. The molecule has 1 atom stereocenters. The summed E-state index contributed by atoms with van der Waals surface area (Å²) in [5.41, 5.74) is 1.23. The largest absolute Gasteiger partial charge is 0.363 e. The maximum absolute atomic E-state index is 13.3. The Hall–Kier alpha value is -3.16. The number of hydrogen-bond acceptors (Lipinski definition) is 5. The number of nitrogens with one attached hydrogen (secondary N) is 2. The number of fused-ring (bicyclic) bond motifs is 1. The van der Waals surface area contributed by atoms with Crippen LogP contribution < -0.4 is 10.6 Å². The minimum absolute atomic E-state index is 0.333. The van der Waals surface area contributed by atoms with Gasteiger partial charge in [0.2, 0.25) is 5.91 Å². The quantitative estimate of drug-likeness (QED) is 0.595. The third-order valence-electron chi connectivity index (χ3n) is 6.13. The molecule has 2 amide bonds. The molecule has 0 bridgehead atoms. The molecule has 4 rings (SSSR count). The molecular formula is C24H31N5O3. The van der Waals surface area contributed by atoms with E-state index in [1.54, 1.807) is 0 Å². The van der Waals surface area contributed by atoms with E-state index in [1.165, 1.54) is 44.6 Å². The second-order valence-corrected chi connectivity index (χ2v) is 9.73. The van der Waals surface area contributed by atoms with Gasteiger partial charge in [-0.15, -0.1) is 0 Å². The van der Waals surface area contributed by atoms with Crippen LogP contribution in [-0.2, 0) is 11.3 Å². The van der Waals surface area contributed by atoms with Crippen LogP contribution in [0.5, 0.6) is 0 Å². The summed E-state index contributed by atoms with van der Waals surface area (Å²) in [5, 5.41) is 14.8. The lowest BCUT2D eigenvalue weighted by molar-refractivity contribution is -0.120. The van der Waals surface area contributed by atoms with Gasteiger partial charge in [-0.05, 0) is 30.2 Å². The highest BCUT2D eigenvalue weighted by Crippen LogP contribution is 2.28. The van der Waals surface area contributed by atoms with Crippen LogP contribution in [0.15, 0.2) is 41.2 Å². The second-order valence-electron chi connectivity index (χ2n) is 9.73. The van der Waals surface area contributed by atoms with Gasteiger partial charge in [0.1, 0.15) is 18.0 Å². The third-order valence-corrected chi connectivity index (χ3v) is 6.13. The first-order chi connectivity index (χ1) is 15.3. The molecule has 0 unspecified atom stereocenters. The van der Waals surface area contributed by atoms with E-state index in [-0.39, 0.29) is 11.8 Å². The lowest BCUT2D eigenvalue weighted by Crippen LogP contribution is -2.51. The number of rotatable bonds is 6. The molecule has 2 N–H and O–H groups in total. The van der Waals surface area contributed by atoms with Crippen LogP contribution in [0, 0.1) is 11.3 Å². The lowest BCUT2D eigenvalue weighted by Gasteiger charge is -2.29. The lowest BCUT2D eigenvalue weighted by atomic mass is 9.86. The number of carbonyl (C=O) groups excluding carboxylic acids is 2. The van der Waals surface area contributed by atoms with E-state index in [9.17, 15) is 9.59 Å². The summed E-state index contributed by atoms with van der Waals surface area (Å²) in [7, 11) is 0. The molecule has 8 heteroatoms. The molecule has 170 valence electrons. The van der Waals surface area contributed by atoms with Gasteiger partial charge in [-0.2, -0.15) is 5.10 Å². The Balaban J connectivity index is 1.58. The predicted molar refractivity (Wildman–Crippen MR) is 122 cm³/mol. The molecule has 32 heavy (non-hydrogen) atoms. The Morgan fingerprint density at radius 3 is 2.62 bits per heavy atom. The first kappa shape index (κ1) is 22.0. The molecule has 1 fully saturated rings. The van der Waals surface area contributed by atoms with Crippen LogP contribution in [0.25, 0.3) is 10.9 Å². The Morgan fingerprint density at radius 1 is 1.19 bits per heavy atom. The molecule has 1 aromatic carbocycles. The van der Waals surface area contributed by atoms with Crippen LogP contribution in [0.2, 0.25) is 0 Å². The van der Waals surface area contributed by atoms with Crippen molar-refractivity contribution < 1.29 is 14.1 Å². The fraction of sp³-hybridized carbons (Fsp3) is 0.500. The van der Waals surface area contributed by atoms with Crippen molar-refractivity contribution in [1.29, 1.82) is 0 Å². The predicted octanol–water partition coefficient (Wildman–Crippen LogP) is 4.39. The molecule has 8 nitrogen and oxygen atoms in total. The molecular weight excluding hydrogens is 406 g/mol. The van der Waals surface area contributed by atoms with Gasteiger partial charge in [0, 0.05) is 11.9 Å². The Labute approximate surface area is 187 Å². The number of nitrogens with zero attached hydrogens (tertiary/aromatic N) is 3. The molecule has 0 saturated heterocycles. The summed E-state index contributed by atoms with van der Waals surface area (Å²) in [6.07, 6.45) is 8.97. The number of carbonyl (C=O) groups is 2. The van der Waals surface area contributed by atoms with Crippen molar-refractivity contribution in [1.82, 2.24) is 20.3 Å². The Bertz CT molecular complexity index is 1070. The van der Waals surface area contributed by atoms with Crippen LogP contribution in [0.3, 0.4) is 0 Å². The number of para-hydroxylation sites is 1. The Morgan fingerprint density at radius 2 is 1.94 bits per heavy atom. The standard InChI is InChI=1S/C24H31N5O3/c1-24(2,3)21(23(31)26-17-13-25-32-15-17)27-22(30)20-18-11-7-8-12-19(18)29(28-20)14-16-9-5-4-6-10-16/h7-8,11-13,15-16,21H,4-6,9-10,14H2,1-3H3,(H,26,31)(H,27,30)/t21-/m1/s1. The average Bonchev–Trinajstić information content (AvgIpc) is 3.40.